The monoisotopic (exact) mass is 594 g/mol. The molecule has 0 atom stereocenters. The zero-order chi connectivity index (χ0) is 28.0. The third kappa shape index (κ3) is 9.44. The van der Waals surface area contributed by atoms with Crippen molar-refractivity contribution in [1.82, 2.24) is 0 Å². The smallest absolute Gasteiger partial charge is 0.273 e. The molecule has 0 N–H and O–H groups in total. The largest absolute Gasteiger partial charge is 2.00 e. The van der Waals surface area contributed by atoms with Gasteiger partial charge in [-0.25, -0.2) is 12.2 Å². The van der Waals surface area contributed by atoms with Crippen LogP contribution in [0.25, 0.3) is 10.8 Å². The molecular weight excluding hydrogens is 559 g/mol. The number of hydrogen-bond donors (Lipinski definition) is 0. The molecule has 0 aliphatic heterocycles. The number of allylic oxidation sites excluding steroid dienone is 4. The van der Waals surface area contributed by atoms with Gasteiger partial charge in [-0.2, -0.15) is 12.1 Å². The number of fused-ring (bicyclic) bond motifs is 1. The summed E-state index contributed by atoms with van der Waals surface area (Å²) in [7, 11) is -0.493. The van der Waals surface area contributed by atoms with E-state index >= 15 is 0 Å². The van der Waals surface area contributed by atoms with Crippen molar-refractivity contribution in [2.45, 2.75) is 19.3 Å². The summed E-state index contributed by atoms with van der Waals surface area (Å²) in [6, 6.07) is 56.3. The van der Waals surface area contributed by atoms with Crippen LogP contribution in [-0.2, 0) is 34.6 Å². The Hall–Kier alpha value is -3.67. The molecule has 0 saturated carbocycles. The topological polar surface area (TPSA) is 0 Å². The van der Waals surface area contributed by atoms with Crippen LogP contribution in [-0.4, -0.2) is 0 Å². The van der Waals surface area contributed by atoms with Gasteiger partial charge in [0, 0.05) is 0 Å². The van der Waals surface area contributed by atoms with Crippen molar-refractivity contribution in [3.05, 3.63) is 193 Å². The number of hydrogen-bond acceptors (Lipinski definition) is 0. The Balaban J connectivity index is 0.000000173. The summed E-state index contributed by atoms with van der Waals surface area (Å²) < 4.78 is 0. The van der Waals surface area contributed by atoms with Gasteiger partial charge in [-0.3, -0.25) is 6.08 Å². The maximum atomic E-state index is 2.99. The van der Waals surface area contributed by atoms with E-state index in [9.17, 15) is 0 Å². The molecule has 42 heavy (non-hydrogen) atoms. The Morgan fingerprint density at radius 3 is 1.48 bits per heavy atom. The Labute approximate surface area is 267 Å². The summed E-state index contributed by atoms with van der Waals surface area (Å²) >= 11 is 0. The summed E-state index contributed by atoms with van der Waals surface area (Å²) in [5.74, 6) is 0. The van der Waals surface area contributed by atoms with Crippen molar-refractivity contribution >= 4 is 34.6 Å². The molecule has 204 valence electrons. The zero-order valence-electron chi connectivity index (χ0n) is 23.8. The van der Waals surface area contributed by atoms with Crippen molar-refractivity contribution in [3.63, 3.8) is 0 Å². The first-order chi connectivity index (χ1) is 20.4. The van der Waals surface area contributed by atoms with Crippen LogP contribution in [0.3, 0.4) is 0 Å². The first-order valence-corrected chi connectivity index (χ1v) is 15.6. The Morgan fingerprint density at radius 2 is 1.05 bits per heavy atom. The SMILES string of the molecule is [C-]1=CC=CC1.[Ti+2].c1ccc(CCc2ccccc2)cc1.c1ccc(P(c2ccccc2)c2cc3ccccc3[cH-]2)cc1. The number of rotatable bonds is 6. The van der Waals surface area contributed by atoms with E-state index in [0.29, 0.717) is 0 Å². The van der Waals surface area contributed by atoms with Gasteiger partial charge in [0.1, 0.15) is 0 Å². The molecule has 0 unspecified atom stereocenters. The van der Waals surface area contributed by atoms with Gasteiger partial charge in [0.2, 0.25) is 0 Å². The van der Waals surface area contributed by atoms with E-state index in [1.807, 2.05) is 12.2 Å². The van der Waals surface area contributed by atoms with E-state index < -0.39 is 7.92 Å². The molecule has 0 heterocycles. The minimum Gasteiger partial charge on any atom is -0.273 e. The second-order valence-corrected chi connectivity index (χ2v) is 12.0. The quantitative estimate of drug-likeness (QED) is 0.103. The van der Waals surface area contributed by atoms with Crippen LogP contribution >= 0.6 is 7.92 Å². The molecule has 1 aliphatic rings. The third-order valence-electron chi connectivity index (χ3n) is 6.86. The van der Waals surface area contributed by atoms with E-state index in [0.717, 1.165) is 19.3 Å². The molecule has 0 saturated heterocycles. The van der Waals surface area contributed by atoms with Crippen LogP contribution in [0.1, 0.15) is 17.5 Å². The minimum absolute atomic E-state index is 0. The van der Waals surface area contributed by atoms with Gasteiger partial charge in [-0.05, 0) is 42.5 Å². The van der Waals surface area contributed by atoms with E-state index in [1.54, 1.807) is 0 Å². The van der Waals surface area contributed by atoms with Crippen LogP contribution in [0.4, 0.5) is 0 Å². The Morgan fingerprint density at radius 1 is 0.571 bits per heavy atom. The minimum atomic E-state index is -0.493. The van der Waals surface area contributed by atoms with Gasteiger partial charge >= 0.3 is 21.7 Å². The van der Waals surface area contributed by atoms with Crippen LogP contribution < -0.4 is 15.9 Å². The predicted octanol–water partition coefficient (Wildman–Crippen LogP) is 9.09. The number of aryl methyl sites for hydroxylation is 2. The van der Waals surface area contributed by atoms with Crippen LogP contribution in [0.5, 0.6) is 0 Å². The summed E-state index contributed by atoms with van der Waals surface area (Å²) in [6.45, 7) is 0. The molecule has 7 rings (SSSR count). The van der Waals surface area contributed by atoms with Gasteiger partial charge in [-0.1, -0.05) is 127 Å². The fourth-order valence-corrected chi connectivity index (χ4v) is 7.15. The molecular formula is C40H35PTi. The molecule has 0 aromatic heterocycles. The molecule has 0 spiro atoms. The molecule has 6 aromatic rings. The maximum Gasteiger partial charge on any atom is 2.00 e. The fourth-order valence-electron chi connectivity index (χ4n) is 4.78. The normalized spacial score (nSPS) is 11.3. The second-order valence-electron chi connectivity index (χ2n) is 9.82. The van der Waals surface area contributed by atoms with E-state index in [1.165, 1.54) is 37.8 Å². The van der Waals surface area contributed by atoms with Gasteiger partial charge in [0.15, 0.2) is 0 Å². The molecule has 0 bridgehead atoms. The molecule has 0 radical (unpaired) electrons. The average molecular weight is 595 g/mol. The molecule has 0 amide bonds. The summed E-state index contributed by atoms with van der Waals surface area (Å²) in [5, 5.41) is 6.89. The van der Waals surface area contributed by atoms with Crippen LogP contribution in [0.15, 0.2) is 176 Å². The standard InChI is InChI=1S/C21H16P.C14H14.C5H5.Ti/c1-3-11-19(12-4-1)22(20-13-5-2-6-14-20)21-15-17-9-7-8-10-18(17)16-21;1-3-7-13(8-4-1)11-12-14-9-5-2-6-10-14;1-2-4-5-3-1;/h1-16H;1-10H,11-12H2;1-3H,4H2;/q-1;;-1;+2. The Kier molecular flexibility index (Phi) is 12.9. The molecule has 2 heteroatoms. The number of benzene rings is 5. The first kappa shape index (κ1) is 31.3. The average Bonchev–Trinajstić information content (AvgIpc) is 3.77. The van der Waals surface area contributed by atoms with Crippen LogP contribution in [0, 0.1) is 6.08 Å². The van der Waals surface area contributed by atoms with E-state index in [4.69, 9.17) is 0 Å². The summed E-state index contributed by atoms with van der Waals surface area (Å²) in [4.78, 5) is 0. The van der Waals surface area contributed by atoms with Crippen molar-refractivity contribution in [2.24, 2.45) is 0 Å². The van der Waals surface area contributed by atoms with E-state index in [2.05, 4.69) is 170 Å². The first-order valence-electron chi connectivity index (χ1n) is 14.2. The molecule has 0 fully saturated rings. The Bertz CT molecular complexity index is 1510. The molecule has 6 aromatic carbocycles. The second kappa shape index (κ2) is 17.3. The van der Waals surface area contributed by atoms with Crippen molar-refractivity contribution in [3.8, 4) is 0 Å². The molecule has 0 nitrogen and oxygen atoms in total. The summed E-state index contributed by atoms with van der Waals surface area (Å²) in [6.07, 6.45) is 12.3. The van der Waals surface area contributed by atoms with Crippen molar-refractivity contribution in [2.75, 3.05) is 0 Å². The van der Waals surface area contributed by atoms with Crippen molar-refractivity contribution < 1.29 is 21.7 Å². The zero-order valence-corrected chi connectivity index (χ0v) is 26.3. The van der Waals surface area contributed by atoms with Crippen LogP contribution in [0.2, 0.25) is 0 Å². The predicted molar refractivity (Wildman–Crippen MR) is 180 cm³/mol. The third-order valence-corrected chi connectivity index (χ3v) is 9.27. The van der Waals surface area contributed by atoms with Gasteiger partial charge in [0.05, 0.1) is 0 Å². The summed E-state index contributed by atoms with van der Waals surface area (Å²) in [5.41, 5.74) is 2.83. The maximum absolute atomic E-state index is 2.99. The van der Waals surface area contributed by atoms with E-state index in [-0.39, 0.29) is 21.7 Å². The van der Waals surface area contributed by atoms with Gasteiger partial charge in [0.25, 0.3) is 0 Å². The van der Waals surface area contributed by atoms with Gasteiger partial charge in [-0.15, -0.1) is 46.8 Å². The molecule has 1 aliphatic carbocycles. The van der Waals surface area contributed by atoms with Gasteiger partial charge < -0.3 is 0 Å². The fraction of sp³-hybridized carbons (Fsp3) is 0.0750. The van der Waals surface area contributed by atoms with Crippen molar-refractivity contribution in [1.29, 1.82) is 0 Å².